The van der Waals surface area contributed by atoms with Crippen LogP contribution in [-0.4, -0.2) is 95.1 Å². The van der Waals surface area contributed by atoms with Gasteiger partial charge >= 0.3 is 217 Å². The molecule has 4 N–H and O–H groups in total. The van der Waals surface area contributed by atoms with Crippen LogP contribution in [0.4, 0.5) is 0 Å². The Morgan fingerprint density at radius 2 is 1.08 bits per heavy atom. The van der Waals surface area contributed by atoms with Gasteiger partial charge in [0.1, 0.15) is 17.5 Å². The van der Waals surface area contributed by atoms with Crippen molar-refractivity contribution in [3.63, 3.8) is 0 Å². The average molecular weight is 992 g/mol. The van der Waals surface area contributed by atoms with Crippen LogP contribution < -0.4 is 42.9 Å². The molecule has 2 saturated heterocycles. The van der Waals surface area contributed by atoms with Crippen LogP contribution in [0, 0.1) is 0 Å². The number of amides is 6. The Balaban J connectivity index is 0.985. The van der Waals surface area contributed by atoms with Gasteiger partial charge in [-0.2, -0.15) is 0 Å². The van der Waals surface area contributed by atoms with Crippen molar-refractivity contribution in [3.8, 4) is 0 Å². The van der Waals surface area contributed by atoms with Gasteiger partial charge in [-0.15, -0.1) is 11.8 Å². The van der Waals surface area contributed by atoms with Crippen LogP contribution in [0.25, 0.3) is 0 Å². The van der Waals surface area contributed by atoms with E-state index in [2.05, 4.69) is 21.3 Å². The number of hydrogen-bond donors (Lipinski definition) is 4. The molecule has 0 saturated carbocycles. The Morgan fingerprint density at radius 3 is 1.53 bits per heavy atom. The average Bonchev–Trinajstić information content (AvgIpc) is 3.27. The van der Waals surface area contributed by atoms with Gasteiger partial charge in [0.2, 0.25) is 11.8 Å². The van der Waals surface area contributed by atoms with Crippen molar-refractivity contribution in [1.82, 2.24) is 31.1 Å². The van der Waals surface area contributed by atoms with Crippen LogP contribution in [0.1, 0.15) is 60.8 Å². The molecule has 0 radical (unpaired) electrons. The van der Waals surface area contributed by atoms with Gasteiger partial charge in [0.15, 0.2) is 5.78 Å². The molecular weight excluding hydrogens is 952 g/mol. The quantitative estimate of drug-likeness (QED) is 0.0652. The minimum Gasteiger partial charge on any atom is -0.292 e. The molecule has 6 atom stereocenters. The molecule has 3 aromatic carbocycles. The standard InChI is InChI=1S/C43H40IN6O10S2/c1-22-20-61-41-32(39(57)49(41)34(22)24(3)51)47-37(55)30(25-13-7-4-8-14-25)45-28(52)19-29(53)46-31(26-15-9-5-10-16-26)38(56)48-33-40(58)50-35(23(2)21-62-42(33)50)43(59)60-44-36(54)27-17-11-6-12-18-27/h4-18,30-33,41-42H,19-21H2,1-3H3,(H,45,52)(H,46,53)(H,47,55)(H,48,56)/q-1/t30-,31+,32?,33?,41?,42?/m0/s1. The van der Waals surface area contributed by atoms with E-state index < -0.39 is 104 Å². The molecule has 4 unspecified atom stereocenters. The first-order chi connectivity index (χ1) is 29.7. The normalized spacial score (nSPS) is 21.3. The first kappa shape index (κ1) is 44.3. The third-order valence-electron chi connectivity index (χ3n) is 10.3. The molecule has 19 heteroatoms. The van der Waals surface area contributed by atoms with Crippen LogP contribution in [0.2, 0.25) is 0 Å². The number of nitrogens with zero attached hydrogens (tertiary/aromatic N) is 2. The molecule has 7 rings (SSSR count). The number of nitrogens with one attached hydrogen (secondary N) is 4. The second-order valence-corrected chi connectivity index (χ2v) is 18.8. The van der Waals surface area contributed by atoms with Crippen molar-refractivity contribution in [2.45, 2.75) is 62.1 Å². The molecule has 0 aromatic heterocycles. The summed E-state index contributed by atoms with van der Waals surface area (Å²) in [4.78, 5) is 122. The number of fused-ring (bicyclic) bond motifs is 2. The minimum absolute atomic E-state index is 0.0229. The monoisotopic (exact) mass is 991 g/mol. The largest absolute Gasteiger partial charge is 0.292 e. The summed E-state index contributed by atoms with van der Waals surface area (Å²) in [5.41, 5.74) is 2.82. The summed E-state index contributed by atoms with van der Waals surface area (Å²) in [5.74, 6) is -4.44. The number of carbonyl (C=O) groups is 9. The minimum atomic E-state index is -1.69. The number of hydrogen-bond acceptors (Lipinski definition) is 12. The Hall–Kier alpha value is -5.80. The fourth-order valence-corrected chi connectivity index (χ4v) is 11.2. The molecule has 0 aliphatic carbocycles. The number of halogens is 1. The van der Waals surface area contributed by atoms with Crippen molar-refractivity contribution in [2.24, 2.45) is 0 Å². The number of ketones is 1. The van der Waals surface area contributed by atoms with E-state index >= 15 is 0 Å². The maximum Gasteiger partial charge on any atom is 0.253 e. The van der Waals surface area contributed by atoms with E-state index in [1.54, 1.807) is 105 Å². The molecule has 4 aliphatic heterocycles. The van der Waals surface area contributed by atoms with Gasteiger partial charge in [0.05, 0.1) is 5.70 Å². The molecule has 0 spiro atoms. The molecular formula is C43H40IN6O10S2-. The molecule has 322 valence electrons. The third-order valence-corrected chi connectivity index (χ3v) is 14.8. The number of allylic oxidation sites excluding steroid dienone is 1. The Morgan fingerprint density at radius 1 is 0.661 bits per heavy atom. The van der Waals surface area contributed by atoms with E-state index in [-0.39, 0.29) is 15.3 Å². The zero-order valence-corrected chi connectivity index (χ0v) is 37.2. The first-order valence-electron chi connectivity index (χ1n) is 19.3. The Kier molecular flexibility index (Phi) is 13.6. The molecule has 0 bridgehead atoms. The Bertz CT molecular complexity index is 2420. The van der Waals surface area contributed by atoms with E-state index in [0.717, 1.165) is 5.57 Å². The topological polar surface area (TPSA) is 217 Å². The van der Waals surface area contributed by atoms with Crippen molar-refractivity contribution >= 4 is 74.5 Å². The summed E-state index contributed by atoms with van der Waals surface area (Å²) >= 11 is 1.04. The van der Waals surface area contributed by atoms with Crippen LogP contribution in [0.15, 0.2) is 114 Å². The molecule has 16 nitrogen and oxygen atoms in total. The van der Waals surface area contributed by atoms with E-state index in [1.165, 1.54) is 40.2 Å². The maximum atomic E-state index is 13.9. The van der Waals surface area contributed by atoms with Crippen LogP contribution in [0.5, 0.6) is 0 Å². The maximum absolute atomic E-state index is 13.9. The number of benzene rings is 3. The van der Waals surface area contributed by atoms with E-state index in [1.807, 2.05) is 0 Å². The SMILES string of the molecule is CC(=O)C1=C(C)CSC2C(NC(=O)[C@@H](NC(=O)CC(=O)N[C@@H](C(=O)NC3C(=O)N4C(C(=O)O[I-]C(=O)c5ccccc5)=C(C)CSC34)c3ccccc3)c3ccccc3)C(=O)N12. The van der Waals surface area contributed by atoms with Crippen molar-refractivity contribution < 1.29 is 67.8 Å². The fraction of sp³-hybridized carbons (Fsp3) is 0.279. The third kappa shape index (κ3) is 9.19. The van der Waals surface area contributed by atoms with Gasteiger partial charge in [0, 0.05) is 12.7 Å². The van der Waals surface area contributed by atoms with E-state index in [4.69, 9.17) is 3.07 Å². The molecule has 3 aromatic rings. The van der Waals surface area contributed by atoms with Crippen LogP contribution in [0.3, 0.4) is 0 Å². The smallest absolute Gasteiger partial charge is 0.253 e. The zero-order valence-electron chi connectivity index (χ0n) is 33.4. The van der Waals surface area contributed by atoms with Gasteiger partial charge < -0.3 is 10.6 Å². The summed E-state index contributed by atoms with van der Waals surface area (Å²) in [5, 5.41) is 9.42. The summed E-state index contributed by atoms with van der Waals surface area (Å²) < 4.78 is 5.12. The van der Waals surface area contributed by atoms with Crippen LogP contribution in [-0.2, 0) is 41.4 Å². The summed E-state index contributed by atoms with van der Waals surface area (Å²) in [6.45, 7) is 4.84. The number of rotatable bonds is 15. The summed E-state index contributed by atoms with van der Waals surface area (Å²) in [7, 11) is 0. The number of thioether (sulfide) groups is 2. The number of carbonyl (C=O) groups excluding carboxylic acids is 9. The second kappa shape index (κ2) is 19.1. The summed E-state index contributed by atoms with van der Waals surface area (Å²) in [6.07, 6.45) is -0.798. The van der Waals surface area contributed by atoms with Crippen LogP contribution >= 0.6 is 23.5 Å². The van der Waals surface area contributed by atoms with Gasteiger partial charge in [0.25, 0.3) is 5.91 Å². The molecule has 6 amide bonds. The molecule has 4 aliphatic rings. The molecule has 2 fully saturated rings. The summed E-state index contributed by atoms with van der Waals surface area (Å²) in [6, 6.07) is 20.2. The number of Topliss-reactive ketones (excluding diaryl/α,β-unsaturated/α-hetero) is 1. The second-order valence-electron chi connectivity index (χ2n) is 14.7. The van der Waals surface area contributed by atoms with Gasteiger partial charge in [-0.1, -0.05) is 36.4 Å². The van der Waals surface area contributed by atoms with E-state index in [0.29, 0.717) is 39.5 Å². The molecule has 4 heterocycles. The Labute approximate surface area is 375 Å². The van der Waals surface area contributed by atoms with E-state index in [9.17, 15) is 43.2 Å². The number of β-lactam (4-membered cyclic amide) rings is 2. The predicted octanol–water partition coefficient (Wildman–Crippen LogP) is -0.584. The van der Waals surface area contributed by atoms with Crippen molar-refractivity contribution in [3.05, 3.63) is 130 Å². The molecule has 62 heavy (non-hydrogen) atoms. The predicted molar refractivity (Wildman–Crippen MR) is 222 cm³/mol. The van der Waals surface area contributed by atoms with Gasteiger partial charge in [-0.3, -0.25) is 24.1 Å². The van der Waals surface area contributed by atoms with Crippen molar-refractivity contribution in [2.75, 3.05) is 11.5 Å². The first-order valence-corrected chi connectivity index (χ1v) is 23.4. The van der Waals surface area contributed by atoms with Gasteiger partial charge in [-0.25, -0.2) is 0 Å². The zero-order chi connectivity index (χ0) is 44.2. The van der Waals surface area contributed by atoms with Gasteiger partial charge in [-0.05, 0) is 18.1 Å². The fourth-order valence-electron chi connectivity index (χ4n) is 7.38. The van der Waals surface area contributed by atoms with Crippen molar-refractivity contribution in [1.29, 1.82) is 0 Å².